The third kappa shape index (κ3) is 2.85. The largest absolute Gasteiger partial charge is 0.507 e. The minimum absolute atomic E-state index is 0.0338. The maximum atomic E-state index is 13.3. The molecule has 138 valence electrons. The first-order valence-electron chi connectivity index (χ1n) is 8.92. The molecule has 2 heterocycles. The molecule has 1 N–H and O–H groups in total. The van der Waals surface area contributed by atoms with Gasteiger partial charge in [-0.3, -0.25) is 4.79 Å². The highest BCUT2D eigenvalue weighted by molar-refractivity contribution is 6.02. The first-order chi connectivity index (χ1) is 13.0. The summed E-state index contributed by atoms with van der Waals surface area (Å²) in [5.74, 6) is 0.989. The van der Waals surface area contributed by atoms with Crippen molar-refractivity contribution in [3.05, 3.63) is 82.8 Å². The molecule has 0 saturated heterocycles. The van der Waals surface area contributed by atoms with Crippen LogP contribution in [0, 0.1) is 13.8 Å². The molecule has 0 unspecified atom stereocenters. The minimum atomic E-state index is -0.296. The number of para-hydroxylation sites is 1. The molecule has 0 aliphatic carbocycles. The maximum Gasteiger partial charge on any atom is 0.258 e. The fraction of sp³-hybridized carbons (Fsp3) is 0.227. The Hall–Kier alpha value is -3.21. The number of fused-ring (bicyclic) bond motifs is 1. The van der Waals surface area contributed by atoms with Gasteiger partial charge in [0.1, 0.15) is 17.7 Å². The topological polar surface area (TPSA) is 56.9 Å². The summed E-state index contributed by atoms with van der Waals surface area (Å²) in [6.07, 6.45) is 1.32. The Morgan fingerprint density at radius 2 is 1.78 bits per heavy atom. The van der Waals surface area contributed by atoms with Gasteiger partial charge in [0.15, 0.2) is 0 Å². The van der Waals surface area contributed by atoms with Crippen LogP contribution in [-0.4, -0.2) is 23.0 Å². The Labute approximate surface area is 158 Å². The van der Waals surface area contributed by atoms with Crippen LogP contribution in [0.15, 0.2) is 59.2 Å². The molecule has 1 aliphatic rings. The standard InChI is InChI=1S/C22H22N2O3/c1-14-11-16(12-15(2)20(14)25)21-23(3)19-9-5-4-8-18(19)22(26)24(21)13-17-7-6-10-27-17/h4-12,21,25H,13H2,1-3H3/t21-/m0/s1. The number of hydrogen-bond acceptors (Lipinski definition) is 4. The highest BCUT2D eigenvalue weighted by atomic mass is 16.3. The Morgan fingerprint density at radius 3 is 2.44 bits per heavy atom. The molecule has 1 amide bonds. The van der Waals surface area contributed by atoms with Crippen LogP contribution in [0.3, 0.4) is 0 Å². The molecule has 0 bridgehead atoms. The number of rotatable bonds is 3. The van der Waals surface area contributed by atoms with Gasteiger partial charge in [-0.1, -0.05) is 12.1 Å². The second-order valence-corrected chi connectivity index (χ2v) is 7.02. The first-order valence-corrected chi connectivity index (χ1v) is 8.92. The number of phenols is 1. The number of aryl methyl sites for hydroxylation is 2. The summed E-state index contributed by atoms with van der Waals surface area (Å²) in [6.45, 7) is 4.12. The molecule has 1 aliphatic heterocycles. The number of carbonyl (C=O) groups is 1. The minimum Gasteiger partial charge on any atom is -0.507 e. The lowest BCUT2D eigenvalue weighted by Gasteiger charge is -2.44. The maximum absolute atomic E-state index is 13.3. The van der Waals surface area contributed by atoms with Crippen molar-refractivity contribution in [2.24, 2.45) is 0 Å². The highest BCUT2D eigenvalue weighted by Crippen LogP contribution is 2.40. The number of benzene rings is 2. The average Bonchev–Trinajstić information content (AvgIpc) is 3.17. The highest BCUT2D eigenvalue weighted by Gasteiger charge is 2.37. The van der Waals surface area contributed by atoms with Crippen molar-refractivity contribution in [2.75, 3.05) is 11.9 Å². The van der Waals surface area contributed by atoms with Gasteiger partial charge in [0.05, 0.1) is 24.1 Å². The zero-order valence-electron chi connectivity index (χ0n) is 15.6. The Morgan fingerprint density at radius 1 is 1.07 bits per heavy atom. The molecule has 1 aromatic heterocycles. The van der Waals surface area contributed by atoms with E-state index in [4.69, 9.17) is 4.42 Å². The van der Waals surface area contributed by atoms with Gasteiger partial charge in [0.25, 0.3) is 5.91 Å². The molecule has 0 radical (unpaired) electrons. The summed E-state index contributed by atoms with van der Waals surface area (Å²) in [5.41, 5.74) is 4.12. The molecule has 5 heteroatoms. The van der Waals surface area contributed by atoms with E-state index < -0.39 is 0 Å². The normalized spacial score (nSPS) is 16.6. The Balaban J connectivity index is 1.86. The van der Waals surface area contributed by atoms with Crippen LogP contribution < -0.4 is 4.90 Å². The number of amides is 1. The number of carbonyl (C=O) groups excluding carboxylic acids is 1. The molecular weight excluding hydrogens is 340 g/mol. The van der Waals surface area contributed by atoms with Crippen LogP contribution in [0.25, 0.3) is 0 Å². The van der Waals surface area contributed by atoms with Crippen molar-refractivity contribution in [1.29, 1.82) is 0 Å². The van der Waals surface area contributed by atoms with Crippen LogP contribution in [0.5, 0.6) is 5.75 Å². The lowest BCUT2D eigenvalue weighted by molar-refractivity contribution is 0.0619. The zero-order valence-corrected chi connectivity index (χ0v) is 15.6. The fourth-order valence-corrected chi connectivity index (χ4v) is 3.84. The molecule has 0 saturated carbocycles. The van der Waals surface area contributed by atoms with Gasteiger partial charge in [0.2, 0.25) is 0 Å². The molecule has 0 fully saturated rings. The van der Waals surface area contributed by atoms with E-state index in [1.807, 2.05) is 74.3 Å². The van der Waals surface area contributed by atoms with Crippen LogP contribution in [0.2, 0.25) is 0 Å². The summed E-state index contributed by atoms with van der Waals surface area (Å²) in [5, 5.41) is 10.2. The van der Waals surface area contributed by atoms with Gasteiger partial charge in [-0.25, -0.2) is 0 Å². The van der Waals surface area contributed by atoms with Gasteiger partial charge >= 0.3 is 0 Å². The molecule has 2 aromatic carbocycles. The van der Waals surface area contributed by atoms with E-state index in [2.05, 4.69) is 4.90 Å². The van der Waals surface area contributed by atoms with Crippen molar-refractivity contribution >= 4 is 11.6 Å². The molecule has 5 nitrogen and oxygen atoms in total. The predicted octanol–water partition coefficient (Wildman–Crippen LogP) is 4.39. The molecule has 3 aromatic rings. The van der Waals surface area contributed by atoms with Crippen LogP contribution >= 0.6 is 0 Å². The van der Waals surface area contributed by atoms with Crippen LogP contribution in [-0.2, 0) is 6.54 Å². The monoisotopic (exact) mass is 362 g/mol. The second kappa shape index (κ2) is 6.50. The summed E-state index contributed by atoms with van der Waals surface area (Å²) in [7, 11) is 1.99. The first kappa shape index (κ1) is 17.2. The van der Waals surface area contributed by atoms with Crippen molar-refractivity contribution in [3.8, 4) is 5.75 Å². The molecular formula is C22H22N2O3. The van der Waals surface area contributed by atoms with Crippen molar-refractivity contribution in [3.63, 3.8) is 0 Å². The summed E-state index contributed by atoms with van der Waals surface area (Å²) in [4.78, 5) is 17.2. The SMILES string of the molecule is Cc1cc([C@@H]2N(Cc3ccco3)C(=O)c3ccccc3N2C)cc(C)c1O. The van der Waals surface area contributed by atoms with Gasteiger partial charge in [-0.05, 0) is 66.9 Å². The Bertz CT molecular complexity index is 972. The van der Waals surface area contributed by atoms with Crippen LogP contribution in [0.4, 0.5) is 5.69 Å². The average molecular weight is 362 g/mol. The summed E-state index contributed by atoms with van der Waals surface area (Å²) in [6, 6.07) is 15.2. The molecule has 27 heavy (non-hydrogen) atoms. The lowest BCUT2D eigenvalue weighted by Crippen LogP contribution is -2.47. The third-order valence-electron chi connectivity index (χ3n) is 5.16. The number of furan rings is 1. The van der Waals surface area contributed by atoms with E-state index in [0.717, 1.165) is 28.1 Å². The van der Waals surface area contributed by atoms with E-state index in [9.17, 15) is 9.90 Å². The third-order valence-corrected chi connectivity index (χ3v) is 5.16. The van der Waals surface area contributed by atoms with Crippen molar-refractivity contribution < 1.29 is 14.3 Å². The number of anilines is 1. The molecule has 0 spiro atoms. The summed E-state index contributed by atoms with van der Waals surface area (Å²) < 4.78 is 5.51. The molecule has 4 rings (SSSR count). The van der Waals surface area contributed by atoms with Gasteiger partial charge in [-0.2, -0.15) is 0 Å². The van der Waals surface area contributed by atoms with Gasteiger partial charge in [-0.15, -0.1) is 0 Å². The van der Waals surface area contributed by atoms with Crippen molar-refractivity contribution in [1.82, 2.24) is 4.90 Å². The van der Waals surface area contributed by atoms with E-state index in [-0.39, 0.29) is 12.1 Å². The van der Waals surface area contributed by atoms with Gasteiger partial charge < -0.3 is 19.3 Å². The van der Waals surface area contributed by atoms with E-state index in [1.54, 1.807) is 6.26 Å². The van der Waals surface area contributed by atoms with E-state index >= 15 is 0 Å². The van der Waals surface area contributed by atoms with Crippen molar-refractivity contribution in [2.45, 2.75) is 26.6 Å². The van der Waals surface area contributed by atoms with E-state index in [0.29, 0.717) is 17.9 Å². The van der Waals surface area contributed by atoms with Crippen LogP contribution in [0.1, 0.15) is 39.0 Å². The Kier molecular flexibility index (Phi) is 4.15. The number of phenolic OH excluding ortho intramolecular Hbond substituents is 1. The lowest BCUT2D eigenvalue weighted by atomic mass is 9.98. The molecule has 1 atom stereocenters. The second-order valence-electron chi connectivity index (χ2n) is 7.02. The number of hydrogen-bond donors (Lipinski definition) is 1. The predicted molar refractivity (Wildman–Crippen MR) is 104 cm³/mol. The van der Waals surface area contributed by atoms with E-state index in [1.165, 1.54) is 0 Å². The smallest absolute Gasteiger partial charge is 0.258 e. The zero-order chi connectivity index (χ0) is 19.1. The quantitative estimate of drug-likeness (QED) is 0.751. The van der Waals surface area contributed by atoms with Gasteiger partial charge in [0, 0.05) is 7.05 Å². The summed E-state index contributed by atoms with van der Waals surface area (Å²) >= 11 is 0. The fourth-order valence-electron chi connectivity index (χ4n) is 3.84. The number of aromatic hydroxyl groups is 1. The number of nitrogens with zero attached hydrogens (tertiary/aromatic N) is 2.